The van der Waals surface area contributed by atoms with Gasteiger partial charge in [-0.15, -0.1) is 11.3 Å². The van der Waals surface area contributed by atoms with E-state index < -0.39 is 15.9 Å². The summed E-state index contributed by atoms with van der Waals surface area (Å²) in [7, 11) is -4.41. The second-order valence-electron chi connectivity index (χ2n) is 17.5. The van der Waals surface area contributed by atoms with Gasteiger partial charge in [-0.3, -0.25) is 9.69 Å². The van der Waals surface area contributed by atoms with E-state index in [1.165, 1.54) is 22.8 Å². The quantitative estimate of drug-likeness (QED) is 0.114. The number of pyridine rings is 2. The monoisotopic (exact) mass is 940 g/mol. The molecule has 1 amide bonds. The van der Waals surface area contributed by atoms with Gasteiger partial charge in [0.2, 0.25) is 5.88 Å². The average Bonchev–Trinajstić information content (AvgIpc) is 4.00. The first-order valence-electron chi connectivity index (χ1n) is 21.5. The molecule has 2 aromatic carbocycles. The number of anilines is 2. The van der Waals surface area contributed by atoms with Gasteiger partial charge in [-0.2, -0.15) is 0 Å². The highest BCUT2D eigenvalue weighted by Gasteiger charge is 2.30. The Morgan fingerprint density at radius 1 is 0.938 bits per heavy atom. The SMILES string of the molecule is CC1(C)CCC(CN2CCN(c3ccc(C(=O)NS(=O)(=O)c4cnc(OCC5CCN(c6nccs6)CC5)c(Cl)c4)c(Oc4cnc5[nH]ccc5c4)c3)CC2)=C(c2ccc(Cl)cc2)C1. The van der Waals surface area contributed by atoms with Crippen LogP contribution in [0.4, 0.5) is 10.8 Å². The number of amides is 1. The van der Waals surface area contributed by atoms with Gasteiger partial charge in [-0.05, 0) is 97.0 Å². The number of thiazole rings is 1. The highest BCUT2D eigenvalue weighted by atomic mass is 35.5. The number of H-pyrrole nitrogens is 1. The number of rotatable bonds is 13. The summed E-state index contributed by atoms with van der Waals surface area (Å²) in [6, 6.07) is 18.4. The Bertz CT molecular complexity index is 2770. The van der Waals surface area contributed by atoms with E-state index >= 15 is 0 Å². The van der Waals surface area contributed by atoms with Gasteiger partial charge >= 0.3 is 0 Å². The summed E-state index contributed by atoms with van der Waals surface area (Å²) in [6.07, 6.45) is 11.4. The second kappa shape index (κ2) is 18.7. The summed E-state index contributed by atoms with van der Waals surface area (Å²) < 4.78 is 41.9. The van der Waals surface area contributed by atoms with Gasteiger partial charge in [0.1, 0.15) is 27.1 Å². The van der Waals surface area contributed by atoms with Crippen molar-refractivity contribution < 1.29 is 22.7 Å². The average molecular weight is 942 g/mol. The predicted molar refractivity (Wildman–Crippen MR) is 254 cm³/mol. The van der Waals surface area contributed by atoms with Gasteiger partial charge in [-0.25, -0.2) is 28.1 Å². The van der Waals surface area contributed by atoms with Crippen molar-refractivity contribution in [3.8, 4) is 17.4 Å². The maximum atomic E-state index is 13.9. The van der Waals surface area contributed by atoms with Crippen LogP contribution in [0.2, 0.25) is 10.0 Å². The number of benzene rings is 2. The first-order valence-corrected chi connectivity index (χ1v) is 24.7. The van der Waals surface area contributed by atoms with Crippen molar-refractivity contribution in [3.63, 3.8) is 0 Å². The van der Waals surface area contributed by atoms with Crippen molar-refractivity contribution in [2.45, 2.75) is 50.8 Å². The number of hydrogen-bond donors (Lipinski definition) is 2. The lowest BCUT2D eigenvalue weighted by molar-refractivity contribution is 0.0979. The Balaban J connectivity index is 0.880. The van der Waals surface area contributed by atoms with Crippen LogP contribution < -0.4 is 24.0 Å². The smallest absolute Gasteiger partial charge is 0.268 e. The molecule has 64 heavy (non-hydrogen) atoms. The summed E-state index contributed by atoms with van der Waals surface area (Å²) in [5, 5.41) is 4.58. The highest BCUT2D eigenvalue weighted by molar-refractivity contribution is 7.90. The standard InChI is InChI=1S/C47H50Cl2N8O5S2/c1-47(2)13-9-34(40(26-47)32-3-5-35(48)6-4-32)29-55-18-20-56(21-19-55)36-7-8-39(42(24-36)62-37-23-33-10-14-50-43(33)52-27-37)44(58)54-64(59,60)38-25-41(49)45(53-28-38)61-30-31-11-16-57(17-12-31)46-51-15-22-63-46/h3-8,10,14-15,22-25,27-28,31H,9,11-13,16-21,26,29-30H2,1-2H3,(H,50,52)(H,54,58). The molecule has 0 saturated carbocycles. The lowest BCUT2D eigenvalue weighted by Crippen LogP contribution is -2.47. The van der Waals surface area contributed by atoms with Crippen molar-refractivity contribution in [3.05, 3.63) is 118 Å². The largest absolute Gasteiger partial charge is 0.476 e. The van der Waals surface area contributed by atoms with Crippen molar-refractivity contribution in [1.82, 2.24) is 29.6 Å². The molecule has 0 unspecified atom stereocenters. The molecular formula is C47H50Cl2N8O5S2. The Hall–Kier alpha value is -5.19. The highest BCUT2D eigenvalue weighted by Crippen LogP contribution is 2.43. The molecule has 0 bridgehead atoms. The summed E-state index contributed by atoms with van der Waals surface area (Å²) in [6.45, 7) is 10.9. The molecule has 1 aliphatic carbocycles. The van der Waals surface area contributed by atoms with E-state index in [1.54, 1.807) is 35.9 Å². The lowest BCUT2D eigenvalue weighted by atomic mass is 9.72. The van der Waals surface area contributed by atoms with Crippen LogP contribution in [0, 0.1) is 11.3 Å². The van der Waals surface area contributed by atoms with Gasteiger partial charge in [0.25, 0.3) is 15.9 Å². The molecule has 2 aliphatic heterocycles. The van der Waals surface area contributed by atoms with E-state index in [9.17, 15) is 13.2 Å². The van der Waals surface area contributed by atoms with Crippen LogP contribution >= 0.6 is 34.5 Å². The van der Waals surface area contributed by atoms with Crippen molar-refractivity contribution in [1.29, 1.82) is 0 Å². The van der Waals surface area contributed by atoms with Crippen molar-refractivity contribution in [2.24, 2.45) is 11.3 Å². The van der Waals surface area contributed by atoms with Crippen molar-refractivity contribution in [2.75, 3.05) is 62.2 Å². The zero-order chi connectivity index (χ0) is 44.4. The van der Waals surface area contributed by atoms with Crippen LogP contribution in [0.5, 0.6) is 17.4 Å². The van der Waals surface area contributed by atoms with Gasteiger partial charge in [-0.1, -0.05) is 54.8 Å². The number of sulfonamides is 1. The predicted octanol–water partition coefficient (Wildman–Crippen LogP) is 9.71. The third kappa shape index (κ3) is 10.2. The molecule has 2 saturated heterocycles. The zero-order valence-corrected chi connectivity index (χ0v) is 38.9. The van der Waals surface area contributed by atoms with E-state index in [1.807, 2.05) is 41.9 Å². The minimum Gasteiger partial charge on any atom is -0.476 e. The molecule has 9 rings (SSSR count). The Labute approximate surface area is 387 Å². The van der Waals surface area contributed by atoms with Gasteiger partial charge < -0.3 is 24.3 Å². The third-order valence-electron chi connectivity index (χ3n) is 12.4. The molecule has 0 atom stereocenters. The Morgan fingerprint density at radius 2 is 1.73 bits per heavy atom. The van der Waals surface area contributed by atoms with Crippen LogP contribution in [0.15, 0.2) is 101 Å². The molecule has 0 spiro atoms. The number of hydrogen-bond acceptors (Lipinski definition) is 12. The molecule has 3 aliphatic rings. The van der Waals surface area contributed by atoms with Crippen LogP contribution in [0.3, 0.4) is 0 Å². The molecule has 4 aromatic heterocycles. The number of piperazine rings is 1. The number of halogens is 2. The summed E-state index contributed by atoms with van der Waals surface area (Å²) in [5.74, 6) is 0.124. The number of piperidine rings is 1. The molecule has 17 heteroatoms. The maximum absolute atomic E-state index is 13.9. The number of allylic oxidation sites excluding steroid dienone is 1. The maximum Gasteiger partial charge on any atom is 0.268 e. The van der Waals surface area contributed by atoms with E-state index in [0.717, 1.165) is 105 Å². The number of nitrogens with zero attached hydrogens (tertiary/aromatic N) is 6. The minimum atomic E-state index is -4.41. The van der Waals surface area contributed by atoms with E-state index in [2.05, 4.69) is 65.3 Å². The Kier molecular flexibility index (Phi) is 12.9. The van der Waals surface area contributed by atoms with Crippen LogP contribution in [-0.2, 0) is 10.0 Å². The number of nitrogens with one attached hydrogen (secondary N) is 2. The molecule has 334 valence electrons. The summed E-state index contributed by atoms with van der Waals surface area (Å²) >= 11 is 14.4. The van der Waals surface area contributed by atoms with Crippen LogP contribution in [0.25, 0.3) is 16.6 Å². The van der Waals surface area contributed by atoms with Gasteiger partial charge in [0.05, 0.1) is 24.6 Å². The third-order valence-corrected chi connectivity index (χ3v) is 15.1. The number of fused-ring (bicyclic) bond motifs is 1. The molecule has 6 aromatic rings. The molecule has 2 fully saturated rings. The van der Waals surface area contributed by atoms with Crippen LogP contribution in [-0.4, -0.2) is 91.6 Å². The molecule has 2 N–H and O–H groups in total. The number of ether oxygens (including phenoxy) is 2. The molecule has 6 heterocycles. The van der Waals surface area contributed by atoms with E-state index in [0.29, 0.717) is 18.0 Å². The summed E-state index contributed by atoms with van der Waals surface area (Å²) in [5.41, 5.74) is 5.96. The Morgan fingerprint density at radius 3 is 2.48 bits per heavy atom. The first kappa shape index (κ1) is 44.0. The number of aromatic amines is 1. The molecular weight excluding hydrogens is 892 g/mol. The fraction of sp³-hybridized carbons (Fsp3) is 0.362. The zero-order valence-electron chi connectivity index (χ0n) is 35.7. The number of carbonyl (C=O) groups excluding carboxylic acids is 1. The van der Waals surface area contributed by atoms with Crippen molar-refractivity contribution >= 4 is 77.9 Å². The van der Waals surface area contributed by atoms with Gasteiger partial charge in [0.15, 0.2) is 5.13 Å². The molecule has 0 radical (unpaired) electrons. The topological polar surface area (TPSA) is 146 Å². The van der Waals surface area contributed by atoms with E-state index in [4.69, 9.17) is 32.7 Å². The van der Waals surface area contributed by atoms with Crippen LogP contribution in [0.1, 0.15) is 61.9 Å². The number of carbonyl (C=O) groups is 1. The fourth-order valence-corrected chi connectivity index (χ4v) is 10.8. The van der Waals surface area contributed by atoms with E-state index in [-0.39, 0.29) is 38.4 Å². The summed E-state index contributed by atoms with van der Waals surface area (Å²) in [4.78, 5) is 36.9. The lowest BCUT2D eigenvalue weighted by Gasteiger charge is -2.39. The first-order chi connectivity index (χ1) is 30.9. The minimum absolute atomic E-state index is 0.0260. The normalized spacial score (nSPS) is 17.5. The second-order valence-corrected chi connectivity index (χ2v) is 20.9. The molecule has 13 nitrogen and oxygen atoms in total. The number of aromatic nitrogens is 4. The fourth-order valence-electron chi connectivity index (χ4n) is 8.74. The van der Waals surface area contributed by atoms with Gasteiger partial charge in [0, 0.05) is 85.7 Å².